The Balaban J connectivity index is 1.28. The van der Waals surface area contributed by atoms with Crippen molar-refractivity contribution >= 4 is 5.91 Å². The minimum absolute atomic E-state index is 0.143. The molecule has 132 valence electrons. The molecule has 0 radical (unpaired) electrons. The number of carbonyl (C=O) groups excluding carboxylic acids is 1. The largest absolute Gasteiger partial charge is 0.493 e. The number of benzene rings is 1. The number of aliphatic hydroxyl groups is 1. The van der Waals surface area contributed by atoms with Gasteiger partial charge in [0.25, 0.3) is 5.91 Å². The molecule has 1 aromatic carbocycles. The van der Waals surface area contributed by atoms with Gasteiger partial charge in [-0.25, -0.2) is 4.68 Å². The summed E-state index contributed by atoms with van der Waals surface area (Å²) in [7, 11) is 0. The van der Waals surface area contributed by atoms with Gasteiger partial charge in [-0.1, -0.05) is 23.4 Å². The third-order valence-corrected chi connectivity index (χ3v) is 4.56. The highest BCUT2D eigenvalue weighted by atomic mass is 16.5. The molecule has 3 heterocycles. The quantitative estimate of drug-likeness (QED) is 0.842. The maximum atomic E-state index is 12.4. The topological polar surface area (TPSA) is 89.7 Å². The van der Waals surface area contributed by atoms with Crippen LogP contribution in [0.2, 0.25) is 0 Å². The van der Waals surface area contributed by atoms with Crippen LogP contribution in [0.1, 0.15) is 16.5 Å². The van der Waals surface area contributed by atoms with Gasteiger partial charge < -0.3 is 19.5 Å². The molecule has 4 rings (SSSR count). The van der Waals surface area contributed by atoms with Crippen molar-refractivity contribution in [2.45, 2.75) is 12.1 Å². The summed E-state index contributed by atoms with van der Waals surface area (Å²) in [5.41, 5.74) is 0.293. The molecule has 8 heteroatoms. The molecule has 0 saturated carbocycles. The van der Waals surface area contributed by atoms with Gasteiger partial charge in [-0.3, -0.25) is 4.79 Å². The first kappa shape index (κ1) is 16.0. The van der Waals surface area contributed by atoms with Crippen LogP contribution in [0.4, 0.5) is 0 Å². The number of para-hydroxylation sites is 1. The van der Waals surface area contributed by atoms with Crippen molar-refractivity contribution in [3.05, 3.63) is 42.2 Å². The van der Waals surface area contributed by atoms with Gasteiger partial charge in [0.2, 0.25) is 0 Å². The summed E-state index contributed by atoms with van der Waals surface area (Å²) in [4.78, 5) is 14.2. The zero-order chi connectivity index (χ0) is 17.2. The molecule has 1 aromatic heterocycles. The van der Waals surface area contributed by atoms with Gasteiger partial charge >= 0.3 is 0 Å². The monoisotopic (exact) mass is 344 g/mol. The fraction of sp³-hybridized carbons (Fsp3) is 0.471. The molecule has 8 nitrogen and oxygen atoms in total. The second kappa shape index (κ2) is 6.81. The minimum atomic E-state index is -0.617. The molecule has 2 aromatic rings. The van der Waals surface area contributed by atoms with E-state index in [2.05, 4.69) is 10.3 Å². The maximum absolute atomic E-state index is 12.4. The van der Waals surface area contributed by atoms with Crippen LogP contribution in [0.15, 0.2) is 36.5 Å². The number of hydrogen-bond donors (Lipinski definition) is 1. The average Bonchev–Trinajstić information content (AvgIpc) is 3.22. The van der Waals surface area contributed by atoms with E-state index in [0.29, 0.717) is 37.9 Å². The van der Waals surface area contributed by atoms with Gasteiger partial charge in [0, 0.05) is 19.0 Å². The van der Waals surface area contributed by atoms with Crippen LogP contribution >= 0.6 is 0 Å². The highest BCUT2D eigenvalue weighted by molar-refractivity contribution is 5.92. The van der Waals surface area contributed by atoms with Crippen LogP contribution in [0.25, 0.3) is 0 Å². The van der Waals surface area contributed by atoms with Gasteiger partial charge in [-0.15, -0.1) is 5.10 Å². The predicted octanol–water partition coefficient (Wildman–Crippen LogP) is 0.361. The zero-order valence-electron chi connectivity index (χ0n) is 13.7. The Morgan fingerprint density at radius 2 is 2.08 bits per heavy atom. The molecule has 0 spiro atoms. The lowest BCUT2D eigenvalue weighted by Gasteiger charge is -2.38. The van der Waals surface area contributed by atoms with Crippen molar-refractivity contribution in [2.24, 2.45) is 5.92 Å². The summed E-state index contributed by atoms with van der Waals surface area (Å²) >= 11 is 0. The molecule has 2 aliphatic rings. The van der Waals surface area contributed by atoms with E-state index in [1.807, 2.05) is 30.3 Å². The first-order chi connectivity index (χ1) is 12.2. The molecule has 1 N–H and O–H groups in total. The van der Waals surface area contributed by atoms with Gasteiger partial charge in [-0.05, 0) is 12.1 Å². The number of hydrogen-bond acceptors (Lipinski definition) is 6. The van der Waals surface area contributed by atoms with E-state index in [-0.39, 0.29) is 18.6 Å². The number of aromatic nitrogens is 3. The predicted molar refractivity (Wildman–Crippen MR) is 87.2 cm³/mol. The van der Waals surface area contributed by atoms with Crippen LogP contribution in [0.3, 0.4) is 0 Å². The molecule has 2 saturated heterocycles. The molecule has 0 bridgehead atoms. The molecule has 25 heavy (non-hydrogen) atoms. The van der Waals surface area contributed by atoms with Crippen LogP contribution in [0, 0.1) is 5.92 Å². The fourth-order valence-electron chi connectivity index (χ4n) is 3.06. The van der Waals surface area contributed by atoms with Crippen LogP contribution < -0.4 is 4.74 Å². The lowest BCUT2D eigenvalue weighted by atomic mass is 10.0. The van der Waals surface area contributed by atoms with Gasteiger partial charge in [0.15, 0.2) is 5.69 Å². The second-order valence-corrected chi connectivity index (χ2v) is 6.46. The fourth-order valence-corrected chi connectivity index (χ4v) is 3.06. The van der Waals surface area contributed by atoms with Gasteiger partial charge in [0.1, 0.15) is 17.9 Å². The lowest BCUT2D eigenvalue weighted by molar-refractivity contribution is 0.0387. The Bertz CT molecular complexity index is 729. The van der Waals surface area contributed by atoms with Crippen LogP contribution in [-0.4, -0.2) is 69.9 Å². The number of carbonyl (C=O) groups is 1. The summed E-state index contributed by atoms with van der Waals surface area (Å²) < 4.78 is 12.4. The third kappa shape index (κ3) is 3.35. The molecule has 0 unspecified atom stereocenters. The van der Waals surface area contributed by atoms with Crippen LogP contribution in [0.5, 0.6) is 5.75 Å². The van der Waals surface area contributed by atoms with Gasteiger partial charge in [0.05, 0.1) is 26.0 Å². The normalized spacial score (nSPS) is 23.5. The standard InChI is InChI=1S/C17H20N4O4/c22-16-11-24-10-15(16)21-8-14(18-19-21)17(23)20-6-12(7-20)9-25-13-4-2-1-3-5-13/h1-5,8,12,15-16,22H,6-7,9-11H2/t15-,16-/m1/s1. The third-order valence-electron chi connectivity index (χ3n) is 4.56. The number of aliphatic hydroxyl groups excluding tert-OH is 1. The van der Waals surface area contributed by atoms with E-state index in [9.17, 15) is 9.90 Å². The highest BCUT2D eigenvalue weighted by Crippen LogP contribution is 2.22. The first-order valence-electron chi connectivity index (χ1n) is 8.35. The second-order valence-electron chi connectivity index (χ2n) is 6.46. The Labute approximate surface area is 144 Å². The van der Waals surface area contributed by atoms with E-state index < -0.39 is 6.10 Å². The first-order valence-corrected chi connectivity index (χ1v) is 8.35. The number of rotatable bonds is 5. The molecule has 2 aliphatic heterocycles. The molecular weight excluding hydrogens is 324 g/mol. The number of amides is 1. The van der Waals surface area contributed by atoms with Crippen molar-refractivity contribution in [3.63, 3.8) is 0 Å². The minimum Gasteiger partial charge on any atom is -0.493 e. The van der Waals surface area contributed by atoms with Crippen molar-refractivity contribution in [1.82, 2.24) is 19.9 Å². The molecule has 2 atom stereocenters. The number of nitrogens with zero attached hydrogens (tertiary/aromatic N) is 4. The smallest absolute Gasteiger partial charge is 0.276 e. The van der Waals surface area contributed by atoms with E-state index >= 15 is 0 Å². The molecular formula is C17H20N4O4. The van der Waals surface area contributed by atoms with E-state index in [4.69, 9.17) is 9.47 Å². The Morgan fingerprint density at radius 3 is 2.80 bits per heavy atom. The lowest BCUT2D eigenvalue weighted by Crippen LogP contribution is -2.52. The average molecular weight is 344 g/mol. The Hall–Kier alpha value is -2.45. The Morgan fingerprint density at radius 1 is 1.28 bits per heavy atom. The molecule has 2 fully saturated rings. The van der Waals surface area contributed by atoms with Crippen molar-refractivity contribution in [2.75, 3.05) is 32.9 Å². The highest BCUT2D eigenvalue weighted by Gasteiger charge is 2.34. The SMILES string of the molecule is O=C(c1cn([C@@H]2COC[C@H]2O)nn1)N1CC(COc2ccccc2)C1. The van der Waals surface area contributed by atoms with Gasteiger partial charge in [-0.2, -0.15) is 0 Å². The molecule has 1 amide bonds. The summed E-state index contributed by atoms with van der Waals surface area (Å²) in [6, 6.07) is 9.36. The molecule has 0 aliphatic carbocycles. The zero-order valence-corrected chi connectivity index (χ0v) is 13.7. The van der Waals surface area contributed by atoms with Crippen LogP contribution in [-0.2, 0) is 4.74 Å². The van der Waals surface area contributed by atoms with E-state index in [1.54, 1.807) is 11.1 Å². The van der Waals surface area contributed by atoms with E-state index in [0.717, 1.165) is 5.75 Å². The summed E-state index contributed by atoms with van der Waals surface area (Å²) in [5, 5.41) is 17.7. The van der Waals surface area contributed by atoms with E-state index in [1.165, 1.54) is 4.68 Å². The summed E-state index contributed by atoms with van der Waals surface area (Å²) in [6.07, 6.45) is 0.965. The van der Waals surface area contributed by atoms with Crippen molar-refractivity contribution in [3.8, 4) is 5.75 Å². The maximum Gasteiger partial charge on any atom is 0.276 e. The van der Waals surface area contributed by atoms with Crippen molar-refractivity contribution in [1.29, 1.82) is 0 Å². The Kier molecular flexibility index (Phi) is 4.37. The van der Waals surface area contributed by atoms with Crippen molar-refractivity contribution < 1.29 is 19.4 Å². The number of ether oxygens (including phenoxy) is 2. The number of likely N-dealkylation sites (tertiary alicyclic amines) is 1. The summed E-state index contributed by atoms with van der Waals surface area (Å²) in [5.74, 6) is 1.02. The summed E-state index contributed by atoms with van der Waals surface area (Å²) in [6.45, 7) is 2.54.